The van der Waals surface area contributed by atoms with Crippen LogP contribution in [0.2, 0.25) is 0 Å². The van der Waals surface area contributed by atoms with Crippen LogP contribution in [0.1, 0.15) is 361 Å². The Kier molecular flexibility index (Phi) is 67.2. The zero-order valence-corrected chi connectivity index (χ0v) is 54.5. The number of rotatable bonds is 65. The fourth-order valence-electron chi connectivity index (χ4n) is 10.3. The number of hydrogen-bond acceptors (Lipinski definition) is 6. The molecule has 0 aromatic heterocycles. The number of carbonyl (C=O) groups excluding carboxylic acids is 3. The van der Waals surface area contributed by atoms with E-state index in [1.165, 1.54) is 225 Å². The summed E-state index contributed by atoms with van der Waals surface area (Å²) >= 11 is 0. The fraction of sp³-hybridized carbons (Fsp3) is 0.776. The van der Waals surface area contributed by atoms with Crippen LogP contribution in [0, 0.1) is 0 Å². The molecule has 0 amide bonds. The molecule has 0 bridgehead atoms. The van der Waals surface area contributed by atoms with Crippen LogP contribution in [-0.2, 0) is 28.6 Å². The molecule has 0 heterocycles. The average Bonchev–Trinajstić information content (AvgIpc) is 3.47. The molecule has 1 atom stereocenters. The van der Waals surface area contributed by atoms with Crippen molar-refractivity contribution in [2.24, 2.45) is 0 Å². The molecule has 6 nitrogen and oxygen atoms in total. The summed E-state index contributed by atoms with van der Waals surface area (Å²) < 4.78 is 17.0. The second kappa shape index (κ2) is 70.1. The predicted molar refractivity (Wildman–Crippen MR) is 358 cm³/mol. The molecule has 1 unspecified atom stereocenters. The van der Waals surface area contributed by atoms with E-state index >= 15 is 0 Å². The van der Waals surface area contributed by atoms with Gasteiger partial charge in [0.2, 0.25) is 0 Å². The normalized spacial score (nSPS) is 12.6. The molecule has 82 heavy (non-hydrogen) atoms. The first-order chi connectivity index (χ1) is 40.5. The van der Waals surface area contributed by atoms with Crippen molar-refractivity contribution < 1.29 is 28.6 Å². The zero-order valence-electron chi connectivity index (χ0n) is 54.5. The van der Waals surface area contributed by atoms with E-state index in [-0.39, 0.29) is 31.1 Å². The number of carbonyl (C=O) groups is 3. The van der Waals surface area contributed by atoms with Crippen molar-refractivity contribution in [2.45, 2.75) is 367 Å². The third-order valence-corrected chi connectivity index (χ3v) is 15.6. The molecule has 0 rings (SSSR count). The van der Waals surface area contributed by atoms with Crippen molar-refractivity contribution >= 4 is 17.9 Å². The number of ether oxygens (including phenoxy) is 3. The maximum atomic E-state index is 12.9. The minimum Gasteiger partial charge on any atom is -0.462 e. The average molecular weight is 1140 g/mol. The SMILES string of the molecule is CC/C=C\C/C=C\C/C=C\C/C=C\C/C=C\CCCCCCCCCCCCCCCCCCCC(=O)OCC(COC(=O)CCCCCCCCCCCCCC)OC(=O)CCCCCCCCCCC/C=C\C/C=C\CCCCC. The molecular weight excluding hydrogens is 1010 g/mol. The van der Waals surface area contributed by atoms with Crippen molar-refractivity contribution in [3.05, 3.63) is 85.1 Å². The summed E-state index contributed by atoms with van der Waals surface area (Å²) in [6.45, 7) is 6.54. The van der Waals surface area contributed by atoms with E-state index in [9.17, 15) is 14.4 Å². The molecule has 474 valence electrons. The third kappa shape index (κ3) is 67.4. The number of unbranched alkanes of at least 4 members (excludes halogenated alkanes) is 40. The van der Waals surface area contributed by atoms with Gasteiger partial charge in [-0.3, -0.25) is 14.4 Å². The second-order valence-corrected chi connectivity index (χ2v) is 23.8. The number of esters is 3. The molecule has 0 radical (unpaired) electrons. The third-order valence-electron chi connectivity index (χ3n) is 15.6. The summed E-state index contributed by atoms with van der Waals surface area (Å²) in [5.74, 6) is -0.856. The minimum atomic E-state index is -0.776. The Balaban J connectivity index is 4.16. The lowest BCUT2D eigenvalue weighted by molar-refractivity contribution is -0.167. The van der Waals surface area contributed by atoms with Crippen molar-refractivity contribution in [1.29, 1.82) is 0 Å². The Bertz CT molecular complexity index is 1550. The van der Waals surface area contributed by atoms with Gasteiger partial charge in [-0.25, -0.2) is 0 Å². The van der Waals surface area contributed by atoms with Gasteiger partial charge in [0.25, 0.3) is 0 Å². The molecule has 0 saturated heterocycles. The Morgan fingerprint density at radius 3 is 0.768 bits per heavy atom. The lowest BCUT2D eigenvalue weighted by atomic mass is 10.0. The zero-order chi connectivity index (χ0) is 59.2. The molecule has 0 aliphatic heterocycles. The van der Waals surface area contributed by atoms with Crippen LogP contribution in [-0.4, -0.2) is 37.2 Å². The lowest BCUT2D eigenvalue weighted by Crippen LogP contribution is -2.30. The van der Waals surface area contributed by atoms with Gasteiger partial charge in [0.1, 0.15) is 13.2 Å². The van der Waals surface area contributed by atoms with Crippen LogP contribution >= 0.6 is 0 Å². The summed E-state index contributed by atoms with van der Waals surface area (Å²) in [6, 6.07) is 0. The maximum absolute atomic E-state index is 12.9. The highest BCUT2D eigenvalue weighted by Crippen LogP contribution is 2.18. The summed E-state index contributed by atoms with van der Waals surface area (Å²) in [6.07, 6.45) is 93.3. The molecule has 0 aromatic rings. The van der Waals surface area contributed by atoms with E-state index in [0.29, 0.717) is 19.3 Å². The van der Waals surface area contributed by atoms with Gasteiger partial charge in [0, 0.05) is 19.3 Å². The Morgan fingerprint density at radius 2 is 0.476 bits per heavy atom. The highest BCUT2D eigenvalue weighted by Gasteiger charge is 2.19. The lowest BCUT2D eigenvalue weighted by Gasteiger charge is -2.18. The van der Waals surface area contributed by atoms with E-state index in [1.807, 2.05) is 0 Å². The van der Waals surface area contributed by atoms with Gasteiger partial charge in [0.15, 0.2) is 6.10 Å². The van der Waals surface area contributed by atoms with Gasteiger partial charge < -0.3 is 14.2 Å². The summed E-state index contributed by atoms with van der Waals surface area (Å²) in [5.41, 5.74) is 0. The smallest absolute Gasteiger partial charge is 0.306 e. The fourth-order valence-corrected chi connectivity index (χ4v) is 10.3. The van der Waals surface area contributed by atoms with E-state index in [4.69, 9.17) is 14.2 Å². The predicted octanol–water partition coefficient (Wildman–Crippen LogP) is 24.6. The molecule has 0 aromatic carbocycles. The van der Waals surface area contributed by atoms with E-state index in [0.717, 1.165) is 96.3 Å². The van der Waals surface area contributed by atoms with Gasteiger partial charge in [-0.15, -0.1) is 0 Å². The van der Waals surface area contributed by atoms with Crippen molar-refractivity contribution in [3.8, 4) is 0 Å². The standard InChI is InChI=1S/C76H134O6/c1-4-7-10-13-16-19-22-25-27-29-31-32-33-34-35-36-37-38-39-40-41-42-43-44-46-47-49-51-54-57-60-63-66-69-75(78)81-72-73(71-80-74(77)68-65-62-59-56-53-24-21-18-15-12-9-6-3)82-76(79)70-67-64-61-58-55-52-50-48-45-30-28-26-23-20-17-14-11-8-5-2/h7,10,16-17,19-20,25-28,31-32,34-35,73H,4-6,8-9,11-15,18,21-24,29-30,33,36-72H2,1-3H3/b10-7-,19-16-,20-17-,27-25-,28-26-,32-31-,35-34-. The Morgan fingerprint density at radius 1 is 0.256 bits per heavy atom. The molecular formula is C76H134O6. The molecule has 0 saturated carbocycles. The van der Waals surface area contributed by atoms with E-state index in [1.54, 1.807) is 0 Å². The molecule has 6 heteroatoms. The topological polar surface area (TPSA) is 78.9 Å². The first-order valence-electron chi connectivity index (χ1n) is 35.6. The second-order valence-electron chi connectivity index (χ2n) is 23.8. The summed E-state index contributed by atoms with van der Waals surface area (Å²) in [7, 11) is 0. The van der Waals surface area contributed by atoms with Crippen molar-refractivity contribution in [2.75, 3.05) is 13.2 Å². The van der Waals surface area contributed by atoms with Gasteiger partial charge in [0.05, 0.1) is 0 Å². The molecule has 0 fully saturated rings. The van der Waals surface area contributed by atoms with Gasteiger partial charge >= 0.3 is 17.9 Å². The highest BCUT2D eigenvalue weighted by molar-refractivity contribution is 5.71. The van der Waals surface area contributed by atoms with Crippen LogP contribution < -0.4 is 0 Å². The summed E-state index contributed by atoms with van der Waals surface area (Å²) in [4.78, 5) is 38.4. The monoisotopic (exact) mass is 1140 g/mol. The van der Waals surface area contributed by atoms with Crippen LogP contribution in [0.5, 0.6) is 0 Å². The molecule has 0 aliphatic carbocycles. The van der Waals surface area contributed by atoms with Crippen molar-refractivity contribution in [1.82, 2.24) is 0 Å². The maximum Gasteiger partial charge on any atom is 0.306 e. The van der Waals surface area contributed by atoms with Crippen LogP contribution in [0.4, 0.5) is 0 Å². The largest absolute Gasteiger partial charge is 0.462 e. The Hall–Kier alpha value is -3.41. The highest BCUT2D eigenvalue weighted by atomic mass is 16.6. The van der Waals surface area contributed by atoms with Gasteiger partial charge in [-0.1, -0.05) is 331 Å². The minimum absolute atomic E-state index is 0.0722. The van der Waals surface area contributed by atoms with E-state index < -0.39 is 6.10 Å². The van der Waals surface area contributed by atoms with Gasteiger partial charge in [-0.2, -0.15) is 0 Å². The molecule has 0 aliphatic rings. The van der Waals surface area contributed by atoms with Crippen LogP contribution in [0.25, 0.3) is 0 Å². The number of allylic oxidation sites excluding steroid dienone is 14. The first kappa shape index (κ1) is 78.6. The van der Waals surface area contributed by atoms with Gasteiger partial charge in [-0.05, 0) is 96.3 Å². The molecule has 0 spiro atoms. The first-order valence-corrected chi connectivity index (χ1v) is 35.6. The van der Waals surface area contributed by atoms with E-state index in [2.05, 4.69) is 106 Å². The number of hydrogen-bond donors (Lipinski definition) is 0. The van der Waals surface area contributed by atoms with Crippen LogP contribution in [0.3, 0.4) is 0 Å². The van der Waals surface area contributed by atoms with Crippen LogP contribution in [0.15, 0.2) is 85.1 Å². The molecule has 0 N–H and O–H groups in total. The quantitative estimate of drug-likeness (QED) is 0.0261. The van der Waals surface area contributed by atoms with Crippen molar-refractivity contribution in [3.63, 3.8) is 0 Å². The summed E-state index contributed by atoms with van der Waals surface area (Å²) in [5, 5.41) is 0. The Labute approximate surface area is 509 Å².